The molecule has 0 radical (unpaired) electrons. The van der Waals surface area contributed by atoms with E-state index in [0.717, 1.165) is 10.9 Å². The number of rotatable bonds is 1. The maximum absolute atomic E-state index is 10.7. The van der Waals surface area contributed by atoms with E-state index in [4.69, 9.17) is 5.11 Å². The first kappa shape index (κ1) is 9.14. The van der Waals surface area contributed by atoms with Crippen LogP contribution in [-0.4, -0.2) is 25.8 Å². The number of carboxylic acid groups (broad SMARTS) is 1. The van der Waals surface area contributed by atoms with E-state index in [2.05, 4.69) is 26.0 Å². The second kappa shape index (κ2) is 3.06. The van der Waals surface area contributed by atoms with E-state index in [1.165, 1.54) is 12.3 Å². The van der Waals surface area contributed by atoms with Crippen molar-refractivity contribution in [1.82, 2.24) is 14.8 Å². The van der Waals surface area contributed by atoms with E-state index in [9.17, 15) is 4.79 Å². The van der Waals surface area contributed by atoms with Gasteiger partial charge in [0.2, 0.25) is 0 Å². The van der Waals surface area contributed by atoms with Crippen molar-refractivity contribution in [2.75, 3.05) is 0 Å². The minimum Gasteiger partial charge on any atom is -0.477 e. The van der Waals surface area contributed by atoms with Gasteiger partial charge in [-0.1, -0.05) is 0 Å². The van der Waals surface area contributed by atoms with E-state index in [1.54, 1.807) is 11.7 Å². The van der Waals surface area contributed by atoms with E-state index < -0.39 is 5.97 Å². The number of pyridine rings is 1. The van der Waals surface area contributed by atoms with Crippen LogP contribution in [0.25, 0.3) is 10.9 Å². The smallest absolute Gasteiger partial charge is 0.354 e. The summed E-state index contributed by atoms with van der Waals surface area (Å²) in [5.41, 5.74) is 0.813. The molecule has 1 N–H and O–H groups in total. The number of aryl methyl sites for hydroxylation is 1. The largest absolute Gasteiger partial charge is 0.477 e. The predicted octanol–water partition coefficient (Wildman–Crippen LogP) is 1.43. The summed E-state index contributed by atoms with van der Waals surface area (Å²) in [7, 11) is 1.77. The number of halogens is 1. The summed E-state index contributed by atoms with van der Waals surface area (Å²) in [5, 5.41) is 13.6. The van der Waals surface area contributed by atoms with Crippen molar-refractivity contribution < 1.29 is 9.90 Å². The summed E-state index contributed by atoms with van der Waals surface area (Å²) in [6.45, 7) is 0. The highest BCUT2D eigenvalue weighted by Crippen LogP contribution is 2.22. The lowest BCUT2D eigenvalue weighted by Crippen LogP contribution is -1.99. The molecule has 0 aliphatic rings. The lowest BCUT2D eigenvalue weighted by atomic mass is 10.3. The summed E-state index contributed by atoms with van der Waals surface area (Å²) >= 11 is 3.25. The number of fused-ring (bicyclic) bond motifs is 1. The lowest BCUT2D eigenvalue weighted by Gasteiger charge is -1.94. The van der Waals surface area contributed by atoms with Crippen LogP contribution in [0.15, 0.2) is 16.9 Å². The van der Waals surface area contributed by atoms with Gasteiger partial charge in [0.05, 0.1) is 11.7 Å². The van der Waals surface area contributed by atoms with E-state index in [0.29, 0.717) is 4.60 Å². The minimum absolute atomic E-state index is 0.0196. The fraction of sp³-hybridized carbons (Fsp3) is 0.125. The number of hydrogen-bond donors (Lipinski definition) is 1. The third-order valence-corrected chi connectivity index (χ3v) is 2.50. The third-order valence-electron chi connectivity index (χ3n) is 1.91. The van der Waals surface area contributed by atoms with Crippen molar-refractivity contribution in [2.45, 2.75) is 0 Å². The molecular formula is C8H6BrN3O2. The molecule has 0 atom stereocenters. The van der Waals surface area contributed by atoms with E-state index >= 15 is 0 Å². The van der Waals surface area contributed by atoms with Gasteiger partial charge in [0, 0.05) is 12.4 Å². The van der Waals surface area contributed by atoms with Crippen LogP contribution in [0.5, 0.6) is 0 Å². The standard InChI is InChI=1S/C8H6BrN3O2/c1-12-6-3-10-5(8(13)14)2-4(6)7(9)11-12/h2-3H,1H3,(H,13,14). The number of aromatic carboxylic acids is 1. The SMILES string of the molecule is Cn1nc(Br)c2cc(C(=O)O)ncc21. The summed E-state index contributed by atoms with van der Waals surface area (Å²) < 4.78 is 2.26. The minimum atomic E-state index is -1.04. The number of aromatic nitrogens is 3. The van der Waals surface area contributed by atoms with Crippen LogP contribution in [0.2, 0.25) is 0 Å². The molecule has 0 spiro atoms. The summed E-state index contributed by atoms with van der Waals surface area (Å²) in [4.78, 5) is 14.5. The van der Waals surface area contributed by atoms with Gasteiger partial charge in [0.15, 0.2) is 0 Å². The maximum Gasteiger partial charge on any atom is 0.354 e. The average molecular weight is 256 g/mol. The number of nitrogens with zero attached hydrogens (tertiary/aromatic N) is 3. The van der Waals surface area contributed by atoms with Crippen molar-refractivity contribution >= 4 is 32.8 Å². The van der Waals surface area contributed by atoms with Crippen LogP contribution in [0.3, 0.4) is 0 Å². The quantitative estimate of drug-likeness (QED) is 0.837. The van der Waals surface area contributed by atoms with Crippen LogP contribution in [0, 0.1) is 0 Å². The van der Waals surface area contributed by atoms with Gasteiger partial charge in [0.25, 0.3) is 0 Å². The second-order valence-corrected chi connectivity index (χ2v) is 3.56. The second-order valence-electron chi connectivity index (χ2n) is 2.81. The van der Waals surface area contributed by atoms with Crippen LogP contribution in [0.1, 0.15) is 10.5 Å². The zero-order chi connectivity index (χ0) is 10.3. The van der Waals surface area contributed by atoms with Crippen molar-refractivity contribution in [3.63, 3.8) is 0 Å². The topological polar surface area (TPSA) is 68.0 Å². The Bertz CT molecular complexity index is 521. The molecule has 0 amide bonds. The molecule has 2 aromatic rings. The molecule has 0 aliphatic heterocycles. The molecule has 0 aromatic carbocycles. The zero-order valence-corrected chi connectivity index (χ0v) is 8.82. The Balaban J connectivity index is 2.77. The Morgan fingerprint density at radius 3 is 3.00 bits per heavy atom. The van der Waals surface area contributed by atoms with Gasteiger partial charge in [0.1, 0.15) is 10.3 Å². The molecule has 72 valence electrons. The van der Waals surface area contributed by atoms with E-state index in [-0.39, 0.29) is 5.69 Å². The fourth-order valence-electron chi connectivity index (χ4n) is 1.23. The Morgan fingerprint density at radius 1 is 1.64 bits per heavy atom. The van der Waals surface area contributed by atoms with Gasteiger partial charge < -0.3 is 5.11 Å². The first-order valence-electron chi connectivity index (χ1n) is 3.81. The van der Waals surface area contributed by atoms with Crippen molar-refractivity contribution in [1.29, 1.82) is 0 Å². The molecule has 0 saturated heterocycles. The Hall–Kier alpha value is -1.43. The first-order chi connectivity index (χ1) is 6.59. The Morgan fingerprint density at radius 2 is 2.36 bits per heavy atom. The molecule has 0 saturated carbocycles. The molecule has 0 unspecified atom stereocenters. The van der Waals surface area contributed by atoms with Gasteiger partial charge in [-0.3, -0.25) is 4.68 Å². The number of carboxylic acids is 1. The Labute approximate surface area is 87.5 Å². The molecule has 2 aromatic heterocycles. The molecule has 2 rings (SSSR count). The van der Waals surface area contributed by atoms with Crippen LogP contribution < -0.4 is 0 Å². The molecular weight excluding hydrogens is 250 g/mol. The van der Waals surface area contributed by atoms with Crippen LogP contribution in [-0.2, 0) is 7.05 Å². The van der Waals surface area contributed by atoms with Crippen molar-refractivity contribution in [2.24, 2.45) is 7.05 Å². The van der Waals surface area contributed by atoms with Crippen LogP contribution >= 0.6 is 15.9 Å². The lowest BCUT2D eigenvalue weighted by molar-refractivity contribution is 0.0690. The maximum atomic E-state index is 10.7. The Kier molecular flexibility index (Phi) is 1.99. The highest BCUT2D eigenvalue weighted by Gasteiger charge is 2.10. The molecule has 14 heavy (non-hydrogen) atoms. The normalized spacial score (nSPS) is 10.7. The highest BCUT2D eigenvalue weighted by atomic mass is 79.9. The average Bonchev–Trinajstić information content (AvgIpc) is 2.42. The summed E-state index contributed by atoms with van der Waals surface area (Å²) in [5.74, 6) is -1.04. The van der Waals surface area contributed by atoms with Crippen molar-refractivity contribution in [3.05, 3.63) is 22.6 Å². The monoisotopic (exact) mass is 255 g/mol. The molecule has 6 heteroatoms. The van der Waals surface area contributed by atoms with Gasteiger partial charge in [-0.15, -0.1) is 0 Å². The van der Waals surface area contributed by atoms with Crippen LogP contribution in [0.4, 0.5) is 0 Å². The molecule has 0 bridgehead atoms. The van der Waals surface area contributed by atoms with Crippen molar-refractivity contribution in [3.8, 4) is 0 Å². The van der Waals surface area contributed by atoms with Gasteiger partial charge in [-0.05, 0) is 22.0 Å². The highest BCUT2D eigenvalue weighted by molar-refractivity contribution is 9.10. The van der Waals surface area contributed by atoms with Gasteiger partial charge >= 0.3 is 5.97 Å². The first-order valence-corrected chi connectivity index (χ1v) is 4.60. The third kappa shape index (κ3) is 1.27. The summed E-state index contributed by atoms with van der Waals surface area (Å²) in [6, 6.07) is 1.49. The number of hydrogen-bond acceptors (Lipinski definition) is 3. The molecule has 5 nitrogen and oxygen atoms in total. The predicted molar refractivity (Wildman–Crippen MR) is 53.2 cm³/mol. The summed E-state index contributed by atoms with van der Waals surface area (Å²) in [6.07, 6.45) is 1.50. The molecule has 0 fully saturated rings. The zero-order valence-electron chi connectivity index (χ0n) is 7.23. The number of carbonyl (C=O) groups is 1. The van der Waals surface area contributed by atoms with Gasteiger partial charge in [-0.2, -0.15) is 5.10 Å². The molecule has 0 aliphatic carbocycles. The fourth-order valence-corrected chi connectivity index (χ4v) is 1.78. The molecule has 2 heterocycles. The van der Waals surface area contributed by atoms with Gasteiger partial charge in [-0.25, -0.2) is 9.78 Å². The van der Waals surface area contributed by atoms with E-state index in [1.807, 2.05) is 0 Å².